The van der Waals surface area contributed by atoms with E-state index < -0.39 is 0 Å². The molecule has 4 aromatic rings. The van der Waals surface area contributed by atoms with E-state index in [0.717, 1.165) is 11.1 Å². The highest BCUT2D eigenvalue weighted by atomic mass is 35.5. The van der Waals surface area contributed by atoms with Gasteiger partial charge in [0.2, 0.25) is 5.69 Å². The molecule has 0 saturated carbocycles. The molecule has 0 saturated heterocycles. The highest BCUT2D eigenvalue weighted by molar-refractivity contribution is 6.44. The van der Waals surface area contributed by atoms with Crippen LogP contribution in [0.25, 0.3) is 38.0 Å². The van der Waals surface area contributed by atoms with Crippen molar-refractivity contribution in [1.29, 1.82) is 0 Å². The standard InChI is InChI=1S/C20H14Cl2N6O/c1-24-18-12(5-6-15(21)17(18)22)19-14(9-25-28(19)2)10-3-4-11-13(7-10)16(8-23)26-27-20(11)29/h3-7,9H,8,23H2,2H3,(H,27,29). The van der Waals surface area contributed by atoms with Gasteiger partial charge in [-0.25, -0.2) is 9.94 Å². The fourth-order valence-electron chi connectivity index (χ4n) is 3.35. The van der Waals surface area contributed by atoms with Gasteiger partial charge in [-0.1, -0.05) is 35.3 Å². The third-order valence-corrected chi connectivity index (χ3v) is 5.54. The van der Waals surface area contributed by atoms with Gasteiger partial charge in [0.15, 0.2) is 0 Å². The lowest BCUT2D eigenvalue weighted by atomic mass is 9.98. The van der Waals surface area contributed by atoms with Crippen LogP contribution in [0.5, 0.6) is 0 Å². The Labute approximate surface area is 175 Å². The number of nitrogens with one attached hydrogen (secondary N) is 1. The Hall–Kier alpha value is -3.18. The first-order chi connectivity index (χ1) is 14.0. The fourth-order valence-corrected chi connectivity index (χ4v) is 3.71. The minimum Gasteiger partial charge on any atom is -0.325 e. The Balaban J connectivity index is 2.00. The number of aromatic nitrogens is 4. The van der Waals surface area contributed by atoms with Gasteiger partial charge in [-0.15, -0.1) is 0 Å². The van der Waals surface area contributed by atoms with Gasteiger partial charge in [-0.2, -0.15) is 10.2 Å². The number of hydrogen-bond acceptors (Lipinski definition) is 4. The molecule has 0 atom stereocenters. The number of nitrogens with two attached hydrogens (primary N) is 1. The van der Waals surface area contributed by atoms with E-state index in [0.29, 0.717) is 32.7 Å². The Morgan fingerprint density at radius 2 is 2.00 bits per heavy atom. The van der Waals surface area contributed by atoms with Crippen LogP contribution in [0.3, 0.4) is 0 Å². The number of H-pyrrole nitrogens is 1. The van der Waals surface area contributed by atoms with Crippen molar-refractivity contribution in [2.24, 2.45) is 12.8 Å². The highest BCUT2D eigenvalue weighted by Crippen LogP contribution is 2.43. The fraction of sp³-hybridized carbons (Fsp3) is 0.100. The van der Waals surface area contributed by atoms with Crippen molar-refractivity contribution >= 4 is 39.7 Å². The number of nitrogens with zero attached hydrogens (tertiary/aromatic N) is 4. The molecule has 3 N–H and O–H groups in total. The number of aromatic amines is 1. The Morgan fingerprint density at radius 3 is 2.72 bits per heavy atom. The summed E-state index contributed by atoms with van der Waals surface area (Å²) in [5, 5.41) is 12.6. The van der Waals surface area contributed by atoms with Gasteiger partial charge in [0, 0.05) is 35.1 Å². The number of aryl methyl sites for hydroxylation is 1. The summed E-state index contributed by atoms with van der Waals surface area (Å²) in [5.41, 5.74) is 9.26. The lowest BCUT2D eigenvalue weighted by Gasteiger charge is -2.12. The van der Waals surface area contributed by atoms with Crippen LogP contribution < -0.4 is 11.3 Å². The van der Waals surface area contributed by atoms with Crippen LogP contribution in [0.1, 0.15) is 5.69 Å². The van der Waals surface area contributed by atoms with E-state index in [1.54, 1.807) is 36.1 Å². The molecule has 0 aliphatic heterocycles. The largest absolute Gasteiger partial charge is 0.325 e. The SMILES string of the molecule is [C-]#[N+]c1c(-c2c(-c3ccc4c(=O)[nH]nc(CN)c4c3)cnn2C)ccc(Cl)c1Cl. The molecule has 2 aromatic heterocycles. The van der Waals surface area contributed by atoms with E-state index in [2.05, 4.69) is 20.1 Å². The molecular formula is C20H14Cl2N6O. The second-order valence-corrected chi connectivity index (χ2v) is 7.15. The number of hydrogen-bond donors (Lipinski definition) is 2. The summed E-state index contributed by atoms with van der Waals surface area (Å²) in [4.78, 5) is 15.7. The van der Waals surface area contributed by atoms with Crippen LogP contribution in [-0.4, -0.2) is 20.0 Å². The van der Waals surface area contributed by atoms with E-state index in [1.165, 1.54) is 0 Å². The molecule has 4 rings (SSSR count). The molecule has 0 amide bonds. The number of rotatable bonds is 3. The maximum atomic E-state index is 12.1. The van der Waals surface area contributed by atoms with Crippen molar-refractivity contribution in [3.05, 3.63) is 74.0 Å². The summed E-state index contributed by atoms with van der Waals surface area (Å²) >= 11 is 12.4. The topological polar surface area (TPSA) is 93.9 Å². The molecule has 7 nitrogen and oxygen atoms in total. The predicted molar refractivity (Wildman–Crippen MR) is 114 cm³/mol. The van der Waals surface area contributed by atoms with Gasteiger partial charge in [0.1, 0.15) is 0 Å². The van der Waals surface area contributed by atoms with Crippen LogP contribution >= 0.6 is 23.2 Å². The second kappa shape index (κ2) is 7.33. The van der Waals surface area contributed by atoms with Crippen molar-refractivity contribution in [3.8, 4) is 22.4 Å². The summed E-state index contributed by atoms with van der Waals surface area (Å²) in [6.07, 6.45) is 1.70. The molecule has 9 heteroatoms. The molecule has 2 aromatic carbocycles. The minimum atomic E-state index is -0.282. The lowest BCUT2D eigenvalue weighted by Crippen LogP contribution is -2.13. The van der Waals surface area contributed by atoms with Crippen molar-refractivity contribution < 1.29 is 0 Å². The van der Waals surface area contributed by atoms with Crippen molar-refractivity contribution in [1.82, 2.24) is 20.0 Å². The monoisotopic (exact) mass is 424 g/mol. The zero-order valence-corrected chi connectivity index (χ0v) is 16.7. The zero-order valence-electron chi connectivity index (χ0n) is 15.2. The second-order valence-electron chi connectivity index (χ2n) is 6.36. The summed E-state index contributed by atoms with van der Waals surface area (Å²) < 4.78 is 1.67. The van der Waals surface area contributed by atoms with E-state index in [1.807, 2.05) is 12.1 Å². The van der Waals surface area contributed by atoms with E-state index in [-0.39, 0.29) is 22.8 Å². The van der Waals surface area contributed by atoms with Crippen LogP contribution in [0, 0.1) is 6.57 Å². The average Bonchev–Trinajstić information content (AvgIpc) is 3.11. The smallest absolute Gasteiger partial charge is 0.272 e. The molecule has 29 heavy (non-hydrogen) atoms. The van der Waals surface area contributed by atoms with Crippen molar-refractivity contribution in [3.63, 3.8) is 0 Å². The number of benzene rings is 2. The maximum Gasteiger partial charge on any atom is 0.272 e. The predicted octanol–water partition coefficient (Wildman–Crippen LogP) is 4.31. The summed E-state index contributed by atoms with van der Waals surface area (Å²) in [6.45, 7) is 7.73. The molecule has 2 heterocycles. The van der Waals surface area contributed by atoms with E-state index >= 15 is 0 Å². The van der Waals surface area contributed by atoms with Gasteiger partial charge >= 0.3 is 0 Å². The Morgan fingerprint density at radius 1 is 1.21 bits per heavy atom. The summed E-state index contributed by atoms with van der Waals surface area (Å²) in [6, 6.07) is 8.82. The molecule has 144 valence electrons. The highest BCUT2D eigenvalue weighted by Gasteiger charge is 2.20. The molecule has 0 aliphatic carbocycles. The average molecular weight is 425 g/mol. The maximum absolute atomic E-state index is 12.1. The molecule has 0 bridgehead atoms. The summed E-state index contributed by atoms with van der Waals surface area (Å²) in [5.74, 6) is 0. The molecule has 0 fully saturated rings. The van der Waals surface area contributed by atoms with E-state index in [9.17, 15) is 4.79 Å². The van der Waals surface area contributed by atoms with Crippen LogP contribution in [-0.2, 0) is 13.6 Å². The molecule has 0 unspecified atom stereocenters. The third kappa shape index (κ3) is 3.08. The first-order valence-corrected chi connectivity index (χ1v) is 9.31. The van der Waals surface area contributed by atoms with E-state index in [4.69, 9.17) is 35.5 Å². The van der Waals surface area contributed by atoms with Gasteiger partial charge in [0.25, 0.3) is 5.56 Å². The first-order valence-electron chi connectivity index (χ1n) is 8.55. The molecular weight excluding hydrogens is 411 g/mol. The minimum absolute atomic E-state index is 0.186. The molecule has 0 spiro atoms. The van der Waals surface area contributed by atoms with Crippen LogP contribution in [0.2, 0.25) is 10.0 Å². The third-order valence-electron chi connectivity index (χ3n) is 4.75. The van der Waals surface area contributed by atoms with Gasteiger partial charge < -0.3 is 5.73 Å². The number of fused-ring (bicyclic) bond motifs is 1. The van der Waals surface area contributed by atoms with Crippen molar-refractivity contribution in [2.75, 3.05) is 0 Å². The van der Waals surface area contributed by atoms with Gasteiger partial charge in [0.05, 0.1) is 34.6 Å². The van der Waals surface area contributed by atoms with Crippen LogP contribution in [0.4, 0.5) is 5.69 Å². The zero-order chi connectivity index (χ0) is 20.7. The quantitative estimate of drug-likeness (QED) is 0.479. The Bertz CT molecular complexity index is 1370. The van der Waals surface area contributed by atoms with Crippen molar-refractivity contribution in [2.45, 2.75) is 6.54 Å². The van der Waals surface area contributed by atoms with Crippen LogP contribution in [0.15, 0.2) is 41.3 Å². The molecule has 0 aliphatic rings. The lowest BCUT2D eigenvalue weighted by molar-refractivity contribution is 0.776. The summed E-state index contributed by atoms with van der Waals surface area (Å²) in [7, 11) is 1.79. The first kappa shape index (κ1) is 19.2. The van der Waals surface area contributed by atoms with Gasteiger partial charge in [-0.05, 0) is 23.8 Å². The molecule has 0 radical (unpaired) electrons. The van der Waals surface area contributed by atoms with Gasteiger partial charge in [-0.3, -0.25) is 9.48 Å². The normalized spacial score (nSPS) is 11.0. The number of halogens is 2. The Kier molecular flexibility index (Phi) is 4.84.